The SMILES string of the molecule is CC(C)C[C@H](C)C(=O)NC1CCCC1.O=S(=O)=O. The Bertz CT molecular complexity index is 336. The van der Waals surface area contributed by atoms with Crippen LogP contribution in [0, 0.1) is 11.8 Å². The van der Waals surface area contributed by atoms with Crippen LogP contribution >= 0.6 is 0 Å². The predicted molar refractivity (Wildman–Crippen MR) is 68.7 cm³/mol. The van der Waals surface area contributed by atoms with Crippen LogP contribution in [-0.4, -0.2) is 24.6 Å². The van der Waals surface area contributed by atoms with Crippen LogP contribution < -0.4 is 5.32 Å². The van der Waals surface area contributed by atoms with Gasteiger partial charge in [-0.05, 0) is 25.2 Å². The second-order valence-corrected chi connectivity index (χ2v) is 5.63. The maximum atomic E-state index is 11.7. The summed E-state index contributed by atoms with van der Waals surface area (Å²) in [5.74, 6) is 1.04. The van der Waals surface area contributed by atoms with Crippen LogP contribution in [0.5, 0.6) is 0 Å². The molecule has 0 aromatic heterocycles. The van der Waals surface area contributed by atoms with Crippen molar-refractivity contribution >= 4 is 16.5 Å². The molecule has 0 spiro atoms. The zero-order valence-corrected chi connectivity index (χ0v) is 12.1. The first-order valence-corrected chi connectivity index (χ1v) is 7.40. The van der Waals surface area contributed by atoms with E-state index < -0.39 is 10.6 Å². The van der Waals surface area contributed by atoms with Crippen molar-refractivity contribution < 1.29 is 17.4 Å². The van der Waals surface area contributed by atoms with E-state index in [0.717, 1.165) is 6.42 Å². The fraction of sp³-hybridized carbons (Fsp3) is 0.917. The fourth-order valence-corrected chi connectivity index (χ4v) is 2.23. The molecule has 0 aromatic rings. The summed E-state index contributed by atoms with van der Waals surface area (Å²) in [6.07, 6.45) is 5.92. The Kier molecular flexibility index (Phi) is 8.62. The highest BCUT2D eigenvalue weighted by molar-refractivity contribution is 7.59. The van der Waals surface area contributed by atoms with Crippen molar-refractivity contribution in [3.63, 3.8) is 0 Å². The summed E-state index contributed by atoms with van der Waals surface area (Å²) in [5.41, 5.74) is 0. The lowest BCUT2D eigenvalue weighted by Gasteiger charge is -2.17. The number of hydrogen-bond acceptors (Lipinski definition) is 4. The third-order valence-corrected chi connectivity index (χ3v) is 2.97. The Hall–Kier alpha value is -0.910. The molecule has 1 aliphatic carbocycles. The van der Waals surface area contributed by atoms with Crippen molar-refractivity contribution in [3.8, 4) is 0 Å². The van der Waals surface area contributed by atoms with Crippen LogP contribution in [0.1, 0.15) is 52.9 Å². The lowest BCUT2D eigenvalue weighted by atomic mass is 9.98. The molecule has 18 heavy (non-hydrogen) atoms. The van der Waals surface area contributed by atoms with Gasteiger partial charge in [-0.25, -0.2) is 0 Å². The molecular weight excluding hydrogens is 254 g/mol. The zero-order valence-electron chi connectivity index (χ0n) is 11.3. The summed E-state index contributed by atoms with van der Waals surface area (Å²) in [6, 6.07) is 0.470. The van der Waals surface area contributed by atoms with E-state index in [1.54, 1.807) is 0 Å². The van der Waals surface area contributed by atoms with Gasteiger partial charge in [0.1, 0.15) is 0 Å². The number of carbonyl (C=O) groups excluding carboxylic acids is 1. The number of carbonyl (C=O) groups is 1. The third-order valence-electron chi connectivity index (χ3n) is 2.97. The molecule has 1 aliphatic rings. The lowest BCUT2D eigenvalue weighted by molar-refractivity contribution is -0.125. The van der Waals surface area contributed by atoms with E-state index >= 15 is 0 Å². The van der Waals surface area contributed by atoms with Crippen molar-refractivity contribution in [1.82, 2.24) is 5.32 Å². The summed E-state index contributed by atoms with van der Waals surface area (Å²) < 4.78 is 25.3. The van der Waals surface area contributed by atoms with E-state index in [4.69, 9.17) is 12.6 Å². The lowest BCUT2D eigenvalue weighted by Crippen LogP contribution is -2.36. The maximum absolute atomic E-state index is 11.7. The van der Waals surface area contributed by atoms with Gasteiger partial charge in [0.25, 0.3) is 0 Å². The first kappa shape index (κ1) is 17.1. The number of nitrogens with one attached hydrogen (secondary N) is 1. The topological polar surface area (TPSA) is 80.3 Å². The molecule has 0 heterocycles. The van der Waals surface area contributed by atoms with Gasteiger partial charge in [-0.3, -0.25) is 4.79 Å². The van der Waals surface area contributed by atoms with Gasteiger partial charge in [-0.1, -0.05) is 33.6 Å². The van der Waals surface area contributed by atoms with E-state index in [9.17, 15) is 4.79 Å². The molecule has 6 heteroatoms. The van der Waals surface area contributed by atoms with E-state index in [-0.39, 0.29) is 11.8 Å². The monoisotopic (exact) mass is 277 g/mol. The van der Waals surface area contributed by atoms with E-state index in [1.165, 1.54) is 25.7 Å². The van der Waals surface area contributed by atoms with Crippen molar-refractivity contribution in [1.29, 1.82) is 0 Å². The average Bonchev–Trinajstić information content (AvgIpc) is 2.68. The minimum absolute atomic E-state index is 0.176. The van der Waals surface area contributed by atoms with Crippen LogP contribution in [0.4, 0.5) is 0 Å². The summed E-state index contributed by atoms with van der Waals surface area (Å²) >= 11 is 0. The second kappa shape index (κ2) is 9.08. The summed E-state index contributed by atoms with van der Waals surface area (Å²) in [4.78, 5) is 11.7. The molecule has 0 radical (unpaired) electrons. The molecule has 5 nitrogen and oxygen atoms in total. The van der Waals surface area contributed by atoms with Crippen molar-refractivity contribution in [2.24, 2.45) is 11.8 Å². The van der Waals surface area contributed by atoms with Crippen molar-refractivity contribution in [2.45, 2.75) is 58.9 Å². The third kappa shape index (κ3) is 9.15. The molecule has 0 aliphatic heterocycles. The Morgan fingerprint density at radius 3 is 2.00 bits per heavy atom. The standard InChI is InChI=1S/C12H23NO.O3S/c1-9(2)8-10(3)12(14)13-11-6-4-5-7-11;1-4(2)3/h9-11H,4-8H2,1-3H3,(H,13,14);/t10-;/m0./s1. The van der Waals surface area contributed by atoms with Crippen molar-refractivity contribution in [3.05, 3.63) is 0 Å². The van der Waals surface area contributed by atoms with E-state index in [0.29, 0.717) is 12.0 Å². The molecular formula is C12H23NO4S. The molecule has 0 bridgehead atoms. The molecule has 0 aromatic carbocycles. The van der Waals surface area contributed by atoms with Crippen LogP contribution in [0.3, 0.4) is 0 Å². The normalized spacial score (nSPS) is 16.9. The van der Waals surface area contributed by atoms with Crippen LogP contribution in [-0.2, 0) is 15.4 Å². The first-order valence-electron chi connectivity index (χ1n) is 6.40. The highest BCUT2D eigenvalue weighted by Gasteiger charge is 2.20. The number of rotatable bonds is 4. The number of hydrogen-bond donors (Lipinski definition) is 1. The molecule has 0 saturated heterocycles. The Morgan fingerprint density at radius 2 is 1.61 bits per heavy atom. The quantitative estimate of drug-likeness (QED) is 0.848. The average molecular weight is 277 g/mol. The van der Waals surface area contributed by atoms with Gasteiger partial charge >= 0.3 is 10.6 Å². The van der Waals surface area contributed by atoms with Gasteiger partial charge in [0, 0.05) is 12.0 Å². The smallest absolute Gasteiger partial charge is 0.353 e. The van der Waals surface area contributed by atoms with Gasteiger partial charge in [-0.2, -0.15) is 0 Å². The summed E-state index contributed by atoms with van der Waals surface area (Å²) in [5, 5.41) is 3.15. The maximum Gasteiger partial charge on any atom is 0.425 e. The molecule has 1 rings (SSSR count). The largest absolute Gasteiger partial charge is 0.425 e. The van der Waals surface area contributed by atoms with Gasteiger partial charge in [-0.15, -0.1) is 12.6 Å². The minimum Gasteiger partial charge on any atom is -0.353 e. The molecule has 1 N–H and O–H groups in total. The molecule has 1 atom stereocenters. The molecule has 1 fully saturated rings. The van der Waals surface area contributed by atoms with Gasteiger partial charge < -0.3 is 5.32 Å². The van der Waals surface area contributed by atoms with Gasteiger partial charge in [0.05, 0.1) is 0 Å². The molecule has 0 unspecified atom stereocenters. The van der Waals surface area contributed by atoms with Gasteiger partial charge in [0.2, 0.25) is 5.91 Å². The van der Waals surface area contributed by atoms with Crippen molar-refractivity contribution in [2.75, 3.05) is 0 Å². The fourth-order valence-electron chi connectivity index (χ4n) is 2.23. The minimum atomic E-state index is -3.11. The van der Waals surface area contributed by atoms with E-state index in [2.05, 4.69) is 19.2 Å². The molecule has 1 amide bonds. The summed E-state index contributed by atoms with van der Waals surface area (Å²) in [6.45, 7) is 6.36. The summed E-state index contributed by atoms with van der Waals surface area (Å²) in [7, 11) is -3.11. The highest BCUT2D eigenvalue weighted by Crippen LogP contribution is 2.19. The first-order chi connectivity index (χ1) is 8.32. The van der Waals surface area contributed by atoms with E-state index in [1.807, 2.05) is 6.92 Å². The predicted octanol–water partition coefficient (Wildman–Crippen LogP) is 1.72. The van der Waals surface area contributed by atoms with Crippen LogP contribution in [0.2, 0.25) is 0 Å². The Balaban J connectivity index is 0.000000631. The highest BCUT2D eigenvalue weighted by atomic mass is 32.2. The molecule has 1 saturated carbocycles. The Morgan fingerprint density at radius 1 is 1.17 bits per heavy atom. The second-order valence-electron chi connectivity index (χ2n) is 5.22. The number of amides is 1. The van der Waals surface area contributed by atoms with Crippen LogP contribution in [0.25, 0.3) is 0 Å². The van der Waals surface area contributed by atoms with Crippen LogP contribution in [0.15, 0.2) is 0 Å². The Labute approximate surface area is 110 Å². The molecule has 106 valence electrons. The van der Waals surface area contributed by atoms with Gasteiger partial charge in [0.15, 0.2) is 0 Å². The zero-order chi connectivity index (χ0) is 14.1.